The molecular weight excluding hydrogens is 324 g/mol. The van der Waals surface area contributed by atoms with E-state index in [4.69, 9.17) is 11.6 Å². The van der Waals surface area contributed by atoms with Gasteiger partial charge in [-0.1, -0.05) is 11.6 Å². The van der Waals surface area contributed by atoms with Gasteiger partial charge in [-0.2, -0.15) is 12.6 Å². The summed E-state index contributed by atoms with van der Waals surface area (Å²) in [5.74, 6) is 1.09. The van der Waals surface area contributed by atoms with E-state index in [2.05, 4.69) is 33.5 Å². The van der Waals surface area contributed by atoms with Crippen molar-refractivity contribution in [3.63, 3.8) is 0 Å². The van der Waals surface area contributed by atoms with Gasteiger partial charge in [0.15, 0.2) is 5.15 Å². The molecule has 1 fully saturated rings. The first-order chi connectivity index (χ1) is 8.02. The van der Waals surface area contributed by atoms with Crippen LogP contribution < -0.4 is 4.90 Å². The largest absolute Gasteiger partial charge is 0.309 e. The lowest BCUT2D eigenvalue weighted by Crippen LogP contribution is -2.25. The second-order valence-electron chi connectivity index (χ2n) is 4.12. The van der Waals surface area contributed by atoms with Gasteiger partial charge in [-0.15, -0.1) is 0 Å². The Balaban J connectivity index is 2.35. The summed E-state index contributed by atoms with van der Waals surface area (Å²) in [7, 11) is 0. The van der Waals surface area contributed by atoms with Crippen LogP contribution >= 0.6 is 40.2 Å². The maximum Gasteiger partial charge on any atom is 0.227 e. The average Bonchev–Trinajstić information content (AvgIpc) is 2.65. The highest BCUT2D eigenvalue weighted by molar-refractivity contribution is 9.10. The predicted octanol–water partition coefficient (Wildman–Crippen LogP) is 3.09. The fraction of sp³-hybridized carbons (Fsp3) is 0.455. The number of hydrogen-bond donors (Lipinski definition) is 1. The van der Waals surface area contributed by atoms with Gasteiger partial charge in [0.1, 0.15) is 0 Å². The molecule has 1 saturated heterocycles. The standard InChI is InChI=1S/C11H12BrClN2OS/c1-6-8(12)3-9(11(13)14-6)15-4-7(5-17)2-10(15)16/h3,7,17H,2,4-5H2,1H3. The zero-order valence-corrected chi connectivity index (χ0v) is 12.5. The van der Waals surface area contributed by atoms with Crippen LogP contribution in [0, 0.1) is 12.8 Å². The number of thiol groups is 1. The van der Waals surface area contributed by atoms with Crippen LogP contribution in [0.1, 0.15) is 12.1 Å². The Kier molecular flexibility index (Phi) is 4.00. The molecule has 1 aromatic heterocycles. The summed E-state index contributed by atoms with van der Waals surface area (Å²) >= 11 is 13.7. The summed E-state index contributed by atoms with van der Waals surface area (Å²) in [4.78, 5) is 17.8. The van der Waals surface area contributed by atoms with E-state index >= 15 is 0 Å². The van der Waals surface area contributed by atoms with Crippen LogP contribution in [0.5, 0.6) is 0 Å². The van der Waals surface area contributed by atoms with E-state index in [1.54, 1.807) is 4.90 Å². The molecule has 0 saturated carbocycles. The van der Waals surface area contributed by atoms with E-state index in [0.29, 0.717) is 35.5 Å². The van der Waals surface area contributed by atoms with Gasteiger partial charge in [-0.25, -0.2) is 4.98 Å². The molecule has 0 N–H and O–H groups in total. The average molecular weight is 336 g/mol. The third kappa shape index (κ3) is 2.61. The second kappa shape index (κ2) is 5.16. The van der Waals surface area contributed by atoms with Crippen molar-refractivity contribution in [3.05, 3.63) is 21.4 Å². The predicted molar refractivity (Wildman–Crippen MR) is 76.0 cm³/mol. The van der Waals surface area contributed by atoms with Crippen molar-refractivity contribution >= 4 is 51.8 Å². The highest BCUT2D eigenvalue weighted by Gasteiger charge is 2.31. The van der Waals surface area contributed by atoms with Crippen LogP contribution in [-0.2, 0) is 4.79 Å². The Morgan fingerprint density at radius 3 is 3.00 bits per heavy atom. The van der Waals surface area contributed by atoms with Crippen LogP contribution in [0.3, 0.4) is 0 Å². The quantitative estimate of drug-likeness (QED) is 0.665. The number of rotatable bonds is 2. The first kappa shape index (κ1) is 13.2. The van der Waals surface area contributed by atoms with Crippen molar-refractivity contribution in [1.82, 2.24) is 4.98 Å². The van der Waals surface area contributed by atoms with Crippen molar-refractivity contribution in [2.75, 3.05) is 17.2 Å². The van der Waals surface area contributed by atoms with Gasteiger partial charge >= 0.3 is 0 Å². The number of halogens is 2. The van der Waals surface area contributed by atoms with Gasteiger partial charge in [-0.05, 0) is 40.6 Å². The first-order valence-electron chi connectivity index (χ1n) is 5.26. The van der Waals surface area contributed by atoms with E-state index in [1.807, 2.05) is 13.0 Å². The van der Waals surface area contributed by atoms with Crippen molar-refractivity contribution in [3.8, 4) is 0 Å². The first-order valence-corrected chi connectivity index (χ1v) is 7.07. The molecule has 0 aliphatic carbocycles. The third-order valence-electron chi connectivity index (χ3n) is 2.84. The highest BCUT2D eigenvalue weighted by atomic mass is 79.9. The number of amides is 1. The summed E-state index contributed by atoms with van der Waals surface area (Å²) in [6.45, 7) is 2.53. The van der Waals surface area contributed by atoms with E-state index < -0.39 is 0 Å². The third-order valence-corrected chi connectivity index (χ3v) is 4.44. The molecule has 6 heteroatoms. The second-order valence-corrected chi connectivity index (χ2v) is 5.70. The van der Waals surface area contributed by atoms with E-state index in [1.165, 1.54) is 0 Å². The van der Waals surface area contributed by atoms with Crippen molar-refractivity contribution in [2.24, 2.45) is 5.92 Å². The summed E-state index contributed by atoms with van der Waals surface area (Å²) in [6, 6.07) is 1.85. The van der Waals surface area contributed by atoms with Crippen molar-refractivity contribution in [2.45, 2.75) is 13.3 Å². The van der Waals surface area contributed by atoms with Crippen molar-refractivity contribution in [1.29, 1.82) is 0 Å². The summed E-state index contributed by atoms with van der Waals surface area (Å²) < 4.78 is 0.860. The van der Waals surface area contributed by atoms with Gasteiger partial charge in [0.2, 0.25) is 5.91 Å². The minimum Gasteiger partial charge on any atom is -0.309 e. The number of carbonyl (C=O) groups is 1. The Bertz CT molecular complexity index is 469. The summed E-state index contributed by atoms with van der Waals surface area (Å²) in [6.07, 6.45) is 0.533. The molecule has 1 atom stereocenters. The molecule has 1 unspecified atom stereocenters. The minimum absolute atomic E-state index is 0.0866. The molecule has 0 radical (unpaired) electrons. The topological polar surface area (TPSA) is 33.2 Å². The number of aryl methyl sites for hydroxylation is 1. The maximum absolute atomic E-state index is 11.9. The van der Waals surface area contributed by atoms with Crippen molar-refractivity contribution < 1.29 is 4.79 Å². The van der Waals surface area contributed by atoms with E-state index in [0.717, 1.165) is 10.2 Å². The number of anilines is 1. The SMILES string of the molecule is Cc1nc(Cl)c(N2CC(CS)CC2=O)cc1Br. The molecule has 1 aliphatic heterocycles. The van der Waals surface area contributed by atoms with Gasteiger partial charge in [-0.3, -0.25) is 4.79 Å². The maximum atomic E-state index is 11.9. The molecule has 0 aromatic carbocycles. The molecule has 3 nitrogen and oxygen atoms in total. The molecule has 17 heavy (non-hydrogen) atoms. The smallest absolute Gasteiger partial charge is 0.227 e. The Morgan fingerprint density at radius 2 is 2.41 bits per heavy atom. The normalized spacial score (nSPS) is 20.1. The molecule has 2 rings (SSSR count). The Labute approximate surface area is 119 Å². The van der Waals surface area contributed by atoms with Gasteiger partial charge in [0, 0.05) is 17.4 Å². The minimum atomic E-state index is 0.0866. The molecule has 0 spiro atoms. The number of hydrogen-bond acceptors (Lipinski definition) is 3. The van der Waals surface area contributed by atoms with Crippen LogP contribution in [-0.4, -0.2) is 23.2 Å². The molecule has 1 aliphatic rings. The fourth-order valence-corrected chi connectivity index (χ4v) is 2.70. The molecule has 1 amide bonds. The van der Waals surface area contributed by atoms with E-state index in [-0.39, 0.29) is 5.91 Å². The van der Waals surface area contributed by atoms with Gasteiger partial charge in [0.25, 0.3) is 0 Å². The number of carbonyl (C=O) groups excluding carboxylic acids is 1. The molecule has 0 bridgehead atoms. The molecule has 92 valence electrons. The van der Waals surface area contributed by atoms with Gasteiger partial charge in [0.05, 0.1) is 11.4 Å². The zero-order chi connectivity index (χ0) is 12.6. The van der Waals surface area contributed by atoms with Crippen LogP contribution in [0.15, 0.2) is 10.5 Å². The number of pyridine rings is 1. The van der Waals surface area contributed by atoms with E-state index in [9.17, 15) is 4.79 Å². The molecule has 1 aromatic rings. The Morgan fingerprint density at radius 1 is 1.71 bits per heavy atom. The lowest BCUT2D eigenvalue weighted by atomic mass is 10.1. The lowest BCUT2D eigenvalue weighted by molar-refractivity contribution is -0.117. The molecular formula is C11H12BrClN2OS. The number of nitrogens with zero attached hydrogens (tertiary/aromatic N) is 2. The zero-order valence-electron chi connectivity index (χ0n) is 9.28. The Hall–Kier alpha value is -0.260. The lowest BCUT2D eigenvalue weighted by Gasteiger charge is -2.18. The number of aromatic nitrogens is 1. The molecule has 2 heterocycles. The highest BCUT2D eigenvalue weighted by Crippen LogP contribution is 2.33. The summed E-state index contributed by atoms with van der Waals surface area (Å²) in [5.41, 5.74) is 1.49. The summed E-state index contributed by atoms with van der Waals surface area (Å²) in [5, 5.41) is 0.374. The fourth-order valence-electron chi connectivity index (χ4n) is 1.87. The van der Waals surface area contributed by atoms with Crippen LogP contribution in [0.2, 0.25) is 5.15 Å². The van der Waals surface area contributed by atoms with Crippen LogP contribution in [0.25, 0.3) is 0 Å². The monoisotopic (exact) mass is 334 g/mol. The van der Waals surface area contributed by atoms with Crippen LogP contribution in [0.4, 0.5) is 5.69 Å². The van der Waals surface area contributed by atoms with Gasteiger partial charge < -0.3 is 4.90 Å².